The van der Waals surface area contributed by atoms with E-state index in [1.54, 1.807) is 0 Å². The van der Waals surface area contributed by atoms with Gasteiger partial charge < -0.3 is 40.1 Å². The van der Waals surface area contributed by atoms with Gasteiger partial charge in [-0.15, -0.1) is 0 Å². The molecule has 0 aromatic rings. The number of hydrogen-bond donors (Lipinski definition) is 6. The quantitative estimate of drug-likeness (QED) is 0.271. The summed E-state index contributed by atoms with van der Waals surface area (Å²) in [6, 6.07) is 0. The summed E-state index contributed by atoms with van der Waals surface area (Å²) in [4.78, 5) is 10.8. The first kappa shape index (κ1) is 13.1. The van der Waals surface area contributed by atoms with Gasteiger partial charge in [-0.3, -0.25) is 0 Å². The second-order valence-electron chi connectivity index (χ2n) is 3.24. The smallest absolute Gasteiger partial charge is 0.393 e. The van der Waals surface area contributed by atoms with Gasteiger partial charge in [0.15, 0.2) is 0 Å². The Hall–Kier alpha value is -0.970. The molecule has 1 aliphatic heterocycles. The summed E-state index contributed by atoms with van der Waals surface area (Å²) in [5, 5.41) is 55.0. The summed E-state index contributed by atoms with van der Waals surface area (Å²) in [5.41, 5.74) is 0. The fourth-order valence-electron chi connectivity index (χ4n) is 1.28. The van der Waals surface area contributed by atoms with Gasteiger partial charge >= 0.3 is 17.7 Å². The molecule has 9 heteroatoms. The minimum Gasteiger partial charge on any atom is -0.393 e. The van der Waals surface area contributed by atoms with E-state index in [9.17, 15) is 25.2 Å². The van der Waals surface area contributed by atoms with Gasteiger partial charge in [0.05, 0.1) is 13.2 Å². The van der Waals surface area contributed by atoms with Crippen LogP contribution in [0.4, 0.5) is 4.79 Å². The van der Waals surface area contributed by atoms with Gasteiger partial charge in [0.1, 0.15) is 12.2 Å². The third kappa shape index (κ3) is 1.63. The van der Waals surface area contributed by atoms with Crippen molar-refractivity contribution in [2.75, 3.05) is 13.2 Å². The molecular formula is C7H12O9. The van der Waals surface area contributed by atoms with Crippen molar-refractivity contribution in [2.24, 2.45) is 0 Å². The van der Waals surface area contributed by atoms with Gasteiger partial charge in [-0.1, -0.05) is 0 Å². The predicted molar refractivity (Wildman–Crippen MR) is 43.7 cm³/mol. The molecular weight excluding hydrogens is 228 g/mol. The Bertz CT molecular complexity index is 255. The van der Waals surface area contributed by atoms with Crippen LogP contribution in [0, 0.1) is 0 Å². The predicted octanol–water partition coefficient (Wildman–Crippen LogP) is -3.76. The Morgan fingerprint density at radius 1 is 1.00 bits per heavy atom. The van der Waals surface area contributed by atoms with E-state index in [2.05, 4.69) is 9.47 Å². The average molecular weight is 240 g/mol. The molecule has 9 nitrogen and oxygen atoms in total. The van der Waals surface area contributed by atoms with E-state index in [0.29, 0.717) is 0 Å². The van der Waals surface area contributed by atoms with Gasteiger partial charge in [-0.05, 0) is 0 Å². The maximum absolute atomic E-state index is 10.8. The molecule has 16 heavy (non-hydrogen) atoms. The zero-order valence-corrected chi connectivity index (χ0v) is 7.98. The lowest BCUT2D eigenvalue weighted by Crippen LogP contribution is -2.66. The fraction of sp³-hybridized carbons (Fsp3) is 0.857. The highest BCUT2D eigenvalue weighted by Gasteiger charge is 2.69. The second kappa shape index (κ2) is 4.13. The Balaban J connectivity index is 3.10. The minimum absolute atomic E-state index is 1.08. The monoisotopic (exact) mass is 240 g/mol. The zero-order chi connectivity index (χ0) is 12.6. The molecule has 4 atom stereocenters. The van der Waals surface area contributed by atoms with Crippen LogP contribution in [-0.4, -0.2) is 73.8 Å². The maximum atomic E-state index is 10.8. The number of carbonyl (C=O) groups excluding carboxylic acids is 1. The van der Waals surface area contributed by atoms with Gasteiger partial charge in [-0.25, -0.2) is 4.79 Å². The Labute approximate surface area is 89.1 Å². The van der Waals surface area contributed by atoms with Crippen molar-refractivity contribution in [3.8, 4) is 0 Å². The molecule has 0 spiro atoms. The van der Waals surface area contributed by atoms with Crippen molar-refractivity contribution in [1.29, 1.82) is 0 Å². The first-order valence-electron chi connectivity index (χ1n) is 4.26. The first-order valence-corrected chi connectivity index (χ1v) is 4.26. The molecule has 94 valence electrons. The summed E-state index contributed by atoms with van der Waals surface area (Å²) < 4.78 is 8.21. The van der Waals surface area contributed by atoms with E-state index in [1.165, 1.54) is 0 Å². The second-order valence-corrected chi connectivity index (χ2v) is 3.24. The van der Waals surface area contributed by atoms with E-state index in [0.717, 1.165) is 0 Å². The Kier molecular flexibility index (Phi) is 3.38. The number of aliphatic hydroxyl groups excluding tert-OH is 4. The normalized spacial score (nSPS) is 37.8. The van der Waals surface area contributed by atoms with Crippen LogP contribution in [-0.2, 0) is 9.47 Å². The molecule has 0 saturated carbocycles. The van der Waals surface area contributed by atoms with Crippen LogP contribution < -0.4 is 0 Å². The largest absolute Gasteiger partial charge is 0.514 e. The molecule has 0 aromatic carbocycles. The summed E-state index contributed by atoms with van der Waals surface area (Å²) >= 11 is 0. The van der Waals surface area contributed by atoms with E-state index in [4.69, 9.17) is 10.2 Å². The summed E-state index contributed by atoms with van der Waals surface area (Å²) in [6.07, 6.45) is -5.81. The topological polar surface area (TPSA) is 157 Å². The lowest BCUT2D eigenvalue weighted by Gasteiger charge is -2.36. The number of rotatable bonds is 4. The summed E-state index contributed by atoms with van der Waals surface area (Å²) in [6.45, 7) is -2.15. The molecule has 6 N–H and O–H groups in total. The third-order valence-electron chi connectivity index (χ3n) is 2.24. The van der Waals surface area contributed by atoms with Crippen molar-refractivity contribution in [2.45, 2.75) is 23.8 Å². The number of aliphatic hydroxyl groups is 6. The molecule has 0 radical (unpaired) electrons. The number of carbonyl (C=O) groups is 1. The standard InChI is InChI=1S/C7H12O9/c8-1-3(10)6(13)7(14,4(11)2-9)16-5(12)15-6/h3-4,8-11,13-14H,1-2H2/t3-,4-,6-,7-/m1/s1. The molecule has 0 amide bonds. The van der Waals surface area contributed by atoms with Crippen LogP contribution >= 0.6 is 0 Å². The van der Waals surface area contributed by atoms with Crippen molar-refractivity contribution in [3.05, 3.63) is 0 Å². The maximum Gasteiger partial charge on any atom is 0.514 e. The van der Waals surface area contributed by atoms with Crippen LogP contribution in [0.2, 0.25) is 0 Å². The van der Waals surface area contributed by atoms with Crippen LogP contribution in [0.3, 0.4) is 0 Å². The van der Waals surface area contributed by atoms with Gasteiger partial charge in [0, 0.05) is 0 Å². The molecule has 1 aliphatic rings. The number of cyclic esters (lactones) is 2. The summed E-state index contributed by atoms with van der Waals surface area (Å²) in [5.74, 6) is -6.14. The number of hydrogen-bond acceptors (Lipinski definition) is 9. The highest BCUT2D eigenvalue weighted by molar-refractivity contribution is 5.64. The Morgan fingerprint density at radius 3 is 1.56 bits per heavy atom. The van der Waals surface area contributed by atoms with Crippen LogP contribution in [0.15, 0.2) is 0 Å². The van der Waals surface area contributed by atoms with E-state index in [1.807, 2.05) is 0 Å². The summed E-state index contributed by atoms with van der Waals surface area (Å²) in [7, 11) is 0. The van der Waals surface area contributed by atoms with Crippen LogP contribution in [0.5, 0.6) is 0 Å². The van der Waals surface area contributed by atoms with Gasteiger partial charge in [0.25, 0.3) is 0 Å². The molecule has 1 rings (SSSR count). The molecule has 1 fully saturated rings. The highest BCUT2D eigenvalue weighted by atomic mass is 16.9. The fourth-order valence-corrected chi connectivity index (χ4v) is 1.28. The number of ether oxygens (including phenoxy) is 2. The van der Waals surface area contributed by atoms with Crippen molar-refractivity contribution in [1.82, 2.24) is 0 Å². The van der Waals surface area contributed by atoms with Crippen molar-refractivity contribution in [3.63, 3.8) is 0 Å². The van der Waals surface area contributed by atoms with Crippen molar-refractivity contribution < 1.29 is 44.9 Å². The molecule has 1 heterocycles. The van der Waals surface area contributed by atoms with E-state index in [-0.39, 0.29) is 0 Å². The molecule has 0 bridgehead atoms. The SMILES string of the molecule is O=C1O[C@](O)([C@H](O)CO)[C@@](O)([C@H](O)CO)O1. The lowest BCUT2D eigenvalue weighted by atomic mass is 9.95. The van der Waals surface area contributed by atoms with E-state index >= 15 is 0 Å². The van der Waals surface area contributed by atoms with Gasteiger partial charge in [0.2, 0.25) is 0 Å². The van der Waals surface area contributed by atoms with Crippen LogP contribution in [0.1, 0.15) is 0 Å². The van der Waals surface area contributed by atoms with Gasteiger partial charge in [-0.2, -0.15) is 0 Å². The van der Waals surface area contributed by atoms with Crippen LogP contribution in [0.25, 0.3) is 0 Å². The molecule has 1 saturated heterocycles. The third-order valence-corrected chi connectivity index (χ3v) is 2.24. The Morgan fingerprint density at radius 2 is 1.31 bits per heavy atom. The first-order chi connectivity index (χ1) is 7.31. The zero-order valence-electron chi connectivity index (χ0n) is 7.98. The molecule has 0 aromatic heterocycles. The highest BCUT2D eigenvalue weighted by Crippen LogP contribution is 2.38. The van der Waals surface area contributed by atoms with E-state index < -0.39 is 43.2 Å². The lowest BCUT2D eigenvalue weighted by molar-refractivity contribution is -0.359. The molecule has 0 aliphatic carbocycles. The minimum atomic E-state index is -3.07. The average Bonchev–Trinajstić information content (AvgIpc) is 2.49. The molecule has 0 unspecified atom stereocenters. The van der Waals surface area contributed by atoms with Crippen molar-refractivity contribution >= 4 is 6.16 Å².